The van der Waals surface area contributed by atoms with Crippen molar-refractivity contribution in [2.24, 2.45) is 0 Å². The fraction of sp³-hybridized carbons (Fsp3) is 1.00. The topological polar surface area (TPSA) is 0 Å². The molecule has 1 saturated carbocycles. The number of rotatable bonds is 1. The van der Waals surface area contributed by atoms with E-state index in [4.69, 9.17) is 0 Å². The van der Waals surface area contributed by atoms with Gasteiger partial charge in [-0.15, -0.1) is 24.0 Å². The van der Waals surface area contributed by atoms with E-state index in [2.05, 4.69) is 4.43 Å². The van der Waals surface area contributed by atoms with Crippen molar-refractivity contribution in [3.05, 3.63) is 0 Å². The first-order valence-corrected chi connectivity index (χ1v) is 11.1. The van der Waals surface area contributed by atoms with Gasteiger partial charge in [-0.1, -0.05) is 0 Å². The van der Waals surface area contributed by atoms with E-state index in [0.29, 0.717) is 0 Å². The summed E-state index contributed by atoms with van der Waals surface area (Å²) in [4.78, 5) is 0. The van der Waals surface area contributed by atoms with Gasteiger partial charge in [-0.2, -0.15) is 0 Å². The third-order valence-corrected chi connectivity index (χ3v) is 8.94. The standard InChI is InChI=1S/C3H5.CH3.Hg.HI/c1-2-3-1;;;/h1H,2-3H2;1H3;;1H. The van der Waals surface area contributed by atoms with Gasteiger partial charge in [-0.3, -0.25) is 0 Å². The molecule has 6 heavy (non-hydrogen) atoms. The van der Waals surface area contributed by atoms with Gasteiger partial charge in [-0.05, 0) is 0 Å². The van der Waals surface area contributed by atoms with Gasteiger partial charge in [0.15, 0.2) is 0 Å². The Kier molecular flexibility index (Phi) is 4.65. The Morgan fingerprint density at radius 1 is 1.50 bits per heavy atom. The van der Waals surface area contributed by atoms with E-state index in [1.165, 1.54) is 3.43 Å². The second-order valence-electron chi connectivity index (χ2n) is 1.85. The monoisotopic (exact) mass is 386 g/mol. The third-order valence-electron chi connectivity index (χ3n) is 1.27. The van der Waals surface area contributed by atoms with E-state index in [1.807, 2.05) is 0 Å². The van der Waals surface area contributed by atoms with Crippen LogP contribution in [0.1, 0.15) is 12.8 Å². The summed E-state index contributed by atoms with van der Waals surface area (Å²) >= 11 is -0.114. The molecular formula is C4H9HgI. The number of halogens is 1. The van der Waals surface area contributed by atoms with E-state index in [-0.39, 0.29) is 48.6 Å². The first-order chi connectivity index (χ1) is 2.43. The maximum absolute atomic E-state index is 2.48. The van der Waals surface area contributed by atoms with Crippen LogP contribution >= 0.6 is 24.0 Å². The molecule has 1 aliphatic carbocycles. The second-order valence-corrected chi connectivity index (χ2v) is 9.51. The zero-order valence-corrected chi connectivity index (χ0v) is 11.9. The molecule has 0 bridgehead atoms. The zero-order chi connectivity index (χ0) is 3.70. The molecular weight excluding hydrogens is 376 g/mol. The average Bonchev–Trinajstić information content (AvgIpc) is 2.12. The summed E-state index contributed by atoms with van der Waals surface area (Å²) in [6.45, 7) is 0. The summed E-state index contributed by atoms with van der Waals surface area (Å²) in [7, 11) is 0. The Morgan fingerprint density at radius 3 is 2.00 bits per heavy atom. The summed E-state index contributed by atoms with van der Waals surface area (Å²) in [5.74, 6) is 0. The van der Waals surface area contributed by atoms with E-state index in [0.717, 1.165) is 0 Å². The second kappa shape index (κ2) is 3.64. The van der Waals surface area contributed by atoms with Crippen LogP contribution in [0.25, 0.3) is 0 Å². The number of hydrogen-bond donors (Lipinski definition) is 0. The van der Waals surface area contributed by atoms with Gasteiger partial charge in [0, 0.05) is 0 Å². The Labute approximate surface area is 68.5 Å². The molecule has 0 aromatic carbocycles. The van der Waals surface area contributed by atoms with Gasteiger partial charge in [0.05, 0.1) is 0 Å². The molecule has 0 aromatic heterocycles. The number of hydrogen-bond acceptors (Lipinski definition) is 0. The predicted octanol–water partition coefficient (Wildman–Crippen LogP) is 2.32. The van der Waals surface area contributed by atoms with Gasteiger partial charge in [0.1, 0.15) is 0 Å². The minimum absolute atomic E-state index is 0. The molecule has 1 aliphatic rings. The van der Waals surface area contributed by atoms with Crippen molar-refractivity contribution >= 4 is 24.0 Å². The molecule has 0 aliphatic heterocycles. The van der Waals surface area contributed by atoms with Crippen molar-refractivity contribution in [1.29, 1.82) is 0 Å². The van der Waals surface area contributed by atoms with Crippen molar-refractivity contribution in [3.8, 4) is 0 Å². The molecule has 34 valence electrons. The molecule has 0 aromatic rings. The normalized spacial score (nSPS) is 18.2. The molecule has 0 atom stereocenters. The molecule has 1 rings (SSSR count). The summed E-state index contributed by atoms with van der Waals surface area (Å²) in [5.41, 5.74) is 0. The molecule has 1 fully saturated rings. The van der Waals surface area contributed by atoms with Crippen LogP contribution in [0.2, 0.25) is 7.86 Å². The van der Waals surface area contributed by atoms with E-state index >= 15 is 0 Å². The molecule has 0 N–H and O–H groups in total. The van der Waals surface area contributed by atoms with E-state index in [9.17, 15) is 0 Å². The van der Waals surface area contributed by atoms with Gasteiger partial charge >= 0.3 is 45.3 Å². The summed E-state index contributed by atoms with van der Waals surface area (Å²) in [6, 6.07) is 0. The van der Waals surface area contributed by atoms with Gasteiger partial charge in [0.2, 0.25) is 0 Å². The van der Waals surface area contributed by atoms with Crippen LogP contribution in [0, 0.1) is 0 Å². The summed E-state index contributed by atoms with van der Waals surface area (Å²) < 4.78 is 3.84. The van der Waals surface area contributed by atoms with Crippen molar-refractivity contribution in [3.63, 3.8) is 0 Å². The Morgan fingerprint density at radius 2 is 2.00 bits per heavy atom. The van der Waals surface area contributed by atoms with Crippen molar-refractivity contribution in [2.75, 3.05) is 0 Å². The van der Waals surface area contributed by atoms with Crippen LogP contribution in [-0.2, 0) is 24.6 Å². The van der Waals surface area contributed by atoms with Crippen LogP contribution in [0.3, 0.4) is 0 Å². The zero-order valence-electron chi connectivity index (χ0n) is 4.11. The first-order valence-electron chi connectivity index (χ1n) is 2.43. The van der Waals surface area contributed by atoms with Crippen LogP contribution in [-0.4, -0.2) is 0 Å². The fourth-order valence-corrected chi connectivity index (χ4v) is 4.62. The van der Waals surface area contributed by atoms with Crippen LogP contribution in [0.5, 0.6) is 0 Å². The van der Waals surface area contributed by atoms with Crippen LogP contribution in [0.15, 0.2) is 0 Å². The van der Waals surface area contributed by atoms with Crippen LogP contribution in [0.4, 0.5) is 0 Å². The third kappa shape index (κ3) is 2.78. The average molecular weight is 385 g/mol. The molecule has 0 nitrogen and oxygen atoms in total. The SMILES string of the molecule is I.[CH3][Hg][CH]1CC1. The van der Waals surface area contributed by atoms with Gasteiger partial charge in [-0.25, -0.2) is 0 Å². The van der Waals surface area contributed by atoms with Crippen molar-refractivity contribution in [1.82, 2.24) is 0 Å². The first kappa shape index (κ1) is 7.67. The van der Waals surface area contributed by atoms with Crippen molar-refractivity contribution < 1.29 is 24.6 Å². The van der Waals surface area contributed by atoms with Gasteiger partial charge in [0.25, 0.3) is 0 Å². The Bertz CT molecular complexity index is 34.5. The molecule has 2 heteroatoms. The molecule has 0 unspecified atom stereocenters. The van der Waals surface area contributed by atoms with E-state index < -0.39 is 0 Å². The summed E-state index contributed by atoms with van der Waals surface area (Å²) in [6.07, 6.45) is 3.22. The van der Waals surface area contributed by atoms with Crippen molar-refractivity contribution in [2.45, 2.75) is 20.7 Å². The quantitative estimate of drug-likeness (QED) is 0.481. The Balaban J connectivity index is 0.000000250. The molecule has 0 saturated heterocycles. The van der Waals surface area contributed by atoms with E-state index in [1.54, 1.807) is 12.8 Å². The van der Waals surface area contributed by atoms with Gasteiger partial charge < -0.3 is 0 Å². The summed E-state index contributed by atoms with van der Waals surface area (Å²) in [5, 5.41) is 0. The maximum atomic E-state index is 2.48. The minimum atomic E-state index is -0.114. The van der Waals surface area contributed by atoms with Crippen LogP contribution < -0.4 is 0 Å². The molecule has 0 heterocycles. The fourth-order valence-electron chi connectivity index (χ4n) is 0.526. The molecule has 0 spiro atoms. The Hall–Kier alpha value is 1.67. The predicted molar refractivity (Wildman–Crippen MR) is 34.3 cm³/mol. The molecule has 0 amide bonds. The molecule has 0 radical (unpaired) electrons.